The summed E-state index contributed by atoms with van der Waals surface area (Å²) in [6.45, 7) is 0. The smallest absolute Gasteiger partial charge is 0.201 e. The molecule has 1 aromatic carbocycles. The Morgan fingerprint density at radius 2 is 1.89 bits per heavy atom. The van der Waals surface area contributed by atoms with Gasteiger partial charge in [0.05, 0.1) is 16.0 Å². The van der Waals surface area contributed by atoms with Gasteiger partial charge in [0.2, 0.25) is 9.84 Å². The molecule has 0 fully saturated rings. The molecular weight excluding hydrogens is 246 g/mol. The van der Waals surface area contributed by atoms with Gasteiger partial charge in [-0.25, -0.2) is 8.42 Å². The summed E-state index contributed by atoms with van der Waals surface area (Å²) >= 11 is 0. The van der Waals surface area contributed by atoms with Gasteiger partial charge in [-0.05, 0) is 24.5 Å². The van der Waals surface area contributed by atoms with Crippen molar-refractivity contribution in [3.63, 3.8) is 0 Å². The SMILES string of the molecule is N/C(=C\S(=O)(=O)C1=CCCC=C1)c1ccccc1. The van der Waals surface area contributed by atoms with Gasteiger partial charge in [0.25, 0.3) is 0 Å². The van der Waals surface area contributed by atoms with Crippen LogP contribution in [0.1, 0.15) is 18.4 Å². The van der Waals surface area contributed by atoms with Crippen LogP contribution in [0.2, 0.25) is 0 Å². The van der Waals surface area contributed by atoms with Crippen molar-refractivity contribution in [2.75, 3.05) is 0 Å². The zero-order valence-corrected chi connectivity index (χ0v) is 10.7. The minimum atomic E-state index is -3.44. The second-order valence-electron chi connectivity index (χ2n) is 4.07. The van der Waals surface area contributed by atoms with Gasteiger partial charge < -0.3 is 5.73 Å². The topological polar surface area (TPSA) is 60.2 Å². The predicted molar refractivity (Wildman–Crippen MR) is 74.0 cm³/mol. The van der Waals surface area contributed by atoms with Crippen LogP contribution in [0.25, 0.3) is 5.70 Å². The van der Waals surface area contributed by atoms with E-state index in [1.807, 2.05) is 24.3 Å². The van der Waals surface area contributed by atoms with Crippen LogP contribution in [0.5, 0.6) is 0 Å². The van der Waals surface area contributed by atoms with E-state index in [0.29, 0.717) is 10.5 Å². The third-order valence-corrected chi connectivity index (χ3v) is 4.20. The monoisotopic (exact) mass is 261 g/mol. The minimum absolute atomic E-state index is 0.260. The molecule has 0 saturated carbocycles. The quantitative estimate of drug-likeness (QED) is 0.909. The number of rotatable bonds is 3. The number of allylic oxidation sites excluding steroid dienone is 3. The first-order valence-corrected chi connectivity index (χ1v) is 7.28. The van der Waals surface area contributed by atoms with Gasteiger partial charge >= 0.3 is 0 Å². The Balaban J connectivity index is 2.33. The summed E-state index contributed by atoms with van der Waals surface area (Å²) in [7, 11) is -3.44. The maximum Gasteiger partial charge on any atom is 0.201 e. The summed E-state index contributed by atoms with van der Waals surface area (Å²) in [6, 6.07) is 9.07. The average molecular weight is 261 g/mol. The fraction of sp³-hybridized carbons (Fsp3) is 0.143. The summed E-state index contributed by atoms with van der Waals surface area (Å²) in [5.74, 6) is 0. The average Bonchev–Trinajstić information content (AvgIpc) is 2.40. The van der Waals surface area contributed by atoms with Gasteiger partial charge in [-0.15, -0.1) is 0 Å². The molecule has 0 saturated heterocycles. The molecule has 0 atom stereocenters. The lowest BCUT2D eigenvalue weighted by Gasteiger charge is -2.06. The Bertz CT molecular complexity index is 610. The van der Waals surface area contributed by atoms with E-state index in [-0.39, 0.29) is 5.70 Å². The van der Waals surface area contributed by atoms with E-state index in [0.717, 1.165) is 18.2 Å². The molecule has 0 aliphatic heterocycles. The molecule has 4 heteroatoms. The van der Waals surface area contributed by atoms with Gasteiger partial charge in [0.15, 0.2) is 0 Å². The Kier molecular flexibility index (Phi) is 3.67. The Hall–Kier alpha value is -1.81. The Morgan fingerprint density at radius 3 is 2.50 bits per heavy atom. The molecular formula is C14H15NO2S. The van der Waals surface area contributed by atoms with Crippen LogP contribution >= 0.6 is 0 Å². The van der Waals surface area contributed by atoms with Crippen LogP contribution < -0.4 is 5.73 Å². The van der Waals surface area contributed by atoms with Crippen LogP contribution in [-0.2, 0) is 9.84 Å². The van der Waals surface area contributed by atoms with Gasteiger partial charge in [-0.3, -0.25) is 0 Å². The fourth-order valence-corrected chi connectivity index (χ4v) is 2.98. The lowest BCUT2D eigenvalue weighted by atomic mass is 10.2. The van der Waals surface area contributed by atoms with Crippen LogP contribution in [0.3, 0.4) is 0 Å². The summed E-state index contributed by atoms with van der Waals surface area (Å²) in [6.07, 6.45) is 6.86. The van der Waals surface area contributed by atoms with Gasteiger partial charge in [-0.1, -0.05) is 42.5 Å². The van der Waals surface area contributed by atoms with Crippen LogP contribution in [0.4, 0.5) is 0 Å². The van der Waals surface area contributed by atoms with Gasteiger partial charge in [0.1, 0.15) is 0 Å². The maximum atomic E-state index is 12.1. The van der Waals surface area contributed by atoms with E-state index < -0.39 is 9.84 Å². The van der Waals surface area contributed by atoms with Crippen molar-refractivity contribution in [2.24, 2.45) is 5.73 Å². The third-order valence-electron chi connectivity index (χ3n) is 2.68. The number of nitrogens with two attached hydrogens (primary N) is 1. The number of hydrogen-bond acceptors (Lipinski definition) is 3. The summed E-state index contributed by atoms with van der Waals surface area (Å²) in [5, 5.41) is 1.13. The maximum absolute atomic E-state index is 12.1. The number of sulfone groups is 1. The highest BCUT2D eigenvalue weighted by Gasteiger charge is 2.14. The van der Waals surface area contributed by atoms with Gasteiger partial charge in [-0.2, -0.15) is 0 Å². The molecule has 0 heterocycles. The van der Waals surface area contributed by atoms with E-state index in [9.17, 15) is 8.42 Å². The molecule has 2 rings (SSSR count). The minimum Gasteiger partial charge on any atom is -0.398 e. The van der Waals surface area contributed by atoms with Crippen molar-refractivity contribution >= 4 is 15.5 Å². The standard InChI is InChI=1S/C14H15NO2S/c15-14(12-7-3-1-4-8-12)11-18(16,17)13-9-5-2-6-10-13/h1,3-5,7-11H,2,6,15H2/b14-11-. The number of hydrogen-bond donors (Lipinski definition) is 1. The number of benzene rings is 1. The van der Waals surface area contributed by atoms with Crippen molar-refractivity contribution in [1.82, 2.24) is 0 Å². The van der Waals surface area contributed by atoms with Crippen LogP contribution in [0.15, 0.2) is 58.9 Å². The van der Waals surface area contributed by atoms with Crippen molar-refractivity contribution in [1.29, 1.82) is 0 Å². The molecule has 94 valence electrons. The molecule has 0 unspecified atom stereocenters. The summed E-state index contributed by atoms with van der Waals surface area (Å²) in [5.41, 5.74) is 6.79. The first-order chi connectivity index (χ1) is 8.59. The molecule has 1 aliphatic carbocycles. The van der Waals surface area contributed by atoms with Crippen molar-refractivity contribution in [2.45, 2.75) is 12.8 Å². The predicted octanol–water partition coefficient (Wildman–Crippen LogP) is 2.59. The Morgan fingerprint density at radius 1 is 1.17 bits per heavy atom. The van der Waals surface area contributed by atoms with Gasteiger partial charge in [0, 0.05) is 0 Å². The largest absolute Gasteiger partial charge is 0.398 e. The highest BCUT2D eigenvalue weighted by Crippen LogP contribution is 2.20. The molecule has 0 bridgehead atoms. The summed E-state index contributed by atoms with van der Waals surface area (Å²) in [4.78, 5) is 0.327. The van der Waals surface area contributed by atoms with Crippen LogP contribution in [0, 0.1) is 0 Å². The molecule has 0 aromatic heterocycles. The third kappa shape index (κ3) is 2.90. The Labute approximate surface area is 107 Å². The van der Waals surface area contributed by atoms with E-state index in [4.69, 9.17) is 5.73 Å². The zero-order chi connectivity index (χ0) is 13.0. The highest BCUT2D eigenvalue weighted by atomic mass is 32.2. The van der Waals surface area contributed by atoms with Crippen molar-refractivity contribution in [3.8, 4) is 0 Å². The van der Waals surface area contributed by atoms with E-state index in [1.165, 1.54) is 0 Å². The molecule has 0 radical (unpaired) electrons. The fourth-order valence-electron chi connectivity index (χ4n) is 1.73. The molecule has 0 amide bonds. The molecule has 1 aliphatic rings. The molecule has 3 nitrogen and oxygen atoms in total. The molecule has 1 aromatic rings. The van der Waals surface area contributed by atoms with Crippen LogP contribution in [-0.4, -0.2) is 8.42 Å². The molecule has 2 N–H and O–H groups in total. The lowest BCUT2D eigenvalue weighted by Crippen LogP contribution is -2.05. The first-order valence-electron chi connectivity index (χ1n) is 5.74. The second-order valence-corrected chi connectivity index (χ2v) is 5.87. The van der Waals surface area contributed by atoms with Crippen molar-refractivity contribution < 1.29 is 8.42 Å². The normalized spacial score (nSPS) is 16.4. The van der Waals surface area contributed by atoms with E-state index in [1.54, 1.807) is 24.3 Å². The molecule has 0 spiro atoms. The van der Waals surface area contributed by atoms with E-state index in [2.05, 4.69) is 0 Å². The summed E-state index contributed by atoms with van der Waals surface area (Å²) < 4.78 is 24.2. The van der Waals surface area contributed by atoms with E-state index >= 15 is 0 Å². The van der Waals surface area contributed by atoms with Crippen molar-refractivity contribution in [3.05, 3.63) is 64.4 Å². The lowest BCUT2D eigenvalue weighted by molar-refractivity contribution is 0.610. The zero-order valence-electron chi connectivity index (χ0n) is 9.91. The first kappa shape index (κ1) is 12.6. The highest BCUT2D eigenvalue weighted by molar-refractivity contribution is 7.98. The second kappa shape index (κ2) is 5.23. The molecule has 18 heavy (non-hydrogen) atoms.